The van der Waals surface area contributed by atoms with E-state index in [1.165, 1.54) is 5.19 Å². The molecule has 0 aromatic heterocycles. The first-order chi connectivity index (χ1) is 8.79. The lowest BCUT2D eigenvalue weighted by Gasteiger charge is -2.28. The first-order valence-electron chi connectivity index (χ1n) is 6.76. The van der Waals surface area contributed by atoms with Crippen molar-refractivity contribution in [3.63, 3.8) is 0 Å². The second-order valence-electron chi connectivity index (χ2n) is 4.23. The zero-order chi connectivity index (χ0) is 13.3. The molecular formula is C14H24O2Si2. The molecule has 0 aliphatic heterocycles. The van der Waals surface area contributed by atoms with Crippen molar-refractivity contribution in [3.05, 3.63) is 41.7 Å². The van der Waals surface area contributed by atoms with Gasteiger partial charge in [-0.15, -0.1) is 5.70 Å². The molecule has 0 N–H and O–H groups in total. The molecule has 4 heteroatoms. The second kappa shape index (κ2) is 8.42. The zero-order valence-corrected chi connectivity index (χ0v) is 14.7. The maximum absolute atomic E-state index is 6.16. The van der Waals surface area contributed by atoms with Crippen LogP contribution < -0.4 is 5.19 Å². The lowest BCUT2D eigenvalue weighted by atomic mass is 10.4. The van der Waals surface area contributed by atoms with Gasteiger partial charge in [-0.05, 0) is 23.7 Å². The highest BCUT2D eigenvalue weighted by Gasteiger charge is 2.36. The number of hydrogen-bond donors (Lipinski definition) is 0. The molecule has 0 saturated carbocycles. The average molecular weight is 281 g/mol. The highest BCUT2D eigenvalue weighted by atomic mass is 28.4. The largest absolute Gasteiger partial charge is 0.398 e. The minimum Gasteiger partial charge on any atom is -0.388 e. The van der Waals surface area contributed by atoms with Gasteiger partial charge in [0.05, 0.1) is 0 Å². The van der Waals surface area contributed by atoms with Crippen molar-refractivity contribution >= 4 is 24.0 Å². The Morgan fingerprint density at radius 2 is 1.61 bits per heavy atom. The van der Waals surface area contributed by atoms with E-state index in [0.29, 0.717) is 0 Å². The minimum atomic E-state index is -2.36. The van der Waals surface area contributed by atoms with Gasteiger partial charge in [0.1, 0.15) is 0 Å². The normalized spacial score (nSPS) is 12.3. The van der Waals surface area contributed by atoms with Crippen LogP contribution in [0.2, 0.25) is 0 Å². The molecule has 18 heavy (non-hydrogen) atoms. The topological polar surface area (TPSA) is 18.5 Å². The van der Waals surface area contributed by atoms with Gasteiger partial charge in [-0.1, -0.05) is 44.2 Å². The van der Waals surface area contributed by atoms with E-state index in [1.54, 1.807) is 0 Å². The summed E-state index contributed by atoms with van der Waals surface area (Å²) in [6.07, 6.45) is 2.04. The van der Waals surface area contributed by atoms with Crippen molar-refractivity contribution in [2.45, 2.75) is 26.7 Å². The highest BCUT2D eigenvalue weighted by Crippen LogP contribution is 2.11. The van der Waals surface area contributed by atoms with Crippen LogP contribution in [0, 0.1) is 0 Å². The molecule has 0 radical (unpaired) electrons. The fourth-order valence-electron chi connectivity index (χ4n) is 1.80. The summed E-state index contributed by atoms with van der Waals surface area (Å²) in [5, 5.41) is 1.21. The lowest BCUT2D eigenvalue weighted by Crippen LogP contribution is -2.53. The fourth-order valence-corrected chi connectivity index (χ4v) is 6.03. The molecule has 0 amide bonds. The van der Waals surface area contributed by atoms with Crippen LogP contribution in [0.25, 0.3) is 0 Å². The Morgan fingerprint density at radius 1 is 1.06 bits per heavy atom. The predicted octanol–water partition coefficient (Wildman–Crippen LogP) is 1.61. The van der Waals surface area contributed by atoms with E-state index < -0.39 is 8.56 Å². The summed E-state index contributed by atoms with van der Waals surface area (Å²) in [5.74, 6) is 0. The maximum atomic E-state index is 6.16. The molecule has 1 rings (SSSR count). The monoisotopic (exact) mass is 280 g/mol. The van der Waals surface area contributed by atoms with E-state index in [1.807, 2.05) is 6.07 Å². The quantitative estimate of drug-likeness (QED) is 0.674. The molecule has 1 aromatic carbocycles. The van der Waals surface area contributed by atoms with E-state index >= 15 is 0 Å². The summed E-state index contributed by atoms with van der Waals surface area (Å²) in [6, 6.07) is 10.4. The van der Waals surface area contributed by atoms with Crippen molar-refractivity contribution in [2.75, 3.05) is 13.2 Å². The second-order valence-corrected chi connectivity index (χ2v) is 7.72. The van der Waals surface area contributed by atoms with Gasteiger partial charge in [0.2, 0.25) is 0 Å². The molecular weight excluding hydrogens is 256 g/mol. The van der Waals surface area contributed by atoms with Gasteiger partial charge < -0.3 is 8.85 Å². The molecule has 0 bridgehead atoms. The van der Waals surface area contributed by atoms with Gasteiger partial charge in [0.25, 0.3) is 0 Å². The molecule has 0 atom stereocenters. The molecule has 0 aliphatic rings. The summed E-state index contributed by atoms with van der Waals surface area (Å²) >= 11 is 0. The molecule has 0 unspecified atom stereocenters. The number of rotatable bonds is 8. The average Bonchev–Trinajstić information content (AvgIpc) is 2.43. The van der Waals surface area contributed by atoms with E-state index in [9.17, 15) is 0 Å². The van der Waals surface area contributed by atoms with E-state index in [2.05, 4.69) is 49.5 Å². The van der Waals surface area contributed by atoms with Crippen LogP contribution in [0.5, 0.6) is 0 Å². The van der Waals surface area contributed by atoms with Crippen LogP contribution in [0.15, 0.2) is 41.7 Å². The summed E-state index contributed by atoms with van der Waals surface area (Å²) in [5.41, 5.74) is 4.38. The van der Waals surface area contributed by atoms with Crippen LogP contribution in [0.4, 0.5) is 0 Å². The van der Waals surface area contributed by atoms with Crippen molar-refractivity contribution in [1.82, 2.24) is 0 Å². The smallest absolute Gasteiger partial charge is 0.388 e. The Morgan fingerprint density at radius 3 is 2.06 bits per heavy atom. The Kier molecular flexibility index (Phi) is 7.19. The number of hydrogen-bond acceptors (Lipinski definition) is 2. The fraction of sp³-hybridized carbons (Fsp3) is 0.429. The maximum Gasteiger partial charge on any atom is 0.398 e. The molecule has 0 fully saturated rings. The van der Waals surface area contributed by atoms with E-state index in [0.717, 1.165) is 36.3 Å². The standard InChI is InChI=1S/C14H24O2Si2/c1-3-10-15-18(13-12-17,16-11-4-2)14-8-6-5-7-9-14/h5-9,12-13H,3-4,10-11H2,1-2,17H3. The summed E-state index contributed by atoms with van der Waals surface area (Å²) in [6.45, 7) is 5.79. The third-order valence-electron chi connectivity index (χ3n) is 2.60. The molecule has 100 valence electrons. The minimum absolute atomic E-state index is 0.761. The third kappa shape index (κ3) is 4.21. The molecule has 0 heterocycles. The van der Waals surface area contributed by atoms with Gasteiger partial charge in [-0.25, -0.2) is 0 Å². The number of benzene rings is 1. The molecule has 0 aliphatic carbocycles. The predicted molar refractivity (Wildman–Crippen MR) is 83.4 cm³/mol. The first-order valence-corrected chi connectivity index (χ1v) is 9.81. The Balaban J connectivity index is 3.02. The van der Waals surface area contributed by atoms with Gasteiger partial charge in [0.15, 0.2) is 0 Å². The van der Waals surface area contributed by atoms with E-state index in [-0.39, 0.29) is 0 Å². The van der Waals surface area contributed by atoms with Gasteiger partial charge in [-0.3, -0.25) is 0 Å². The van der Waals surface area contributed by atoms with Crippen molar-refractivity contribution < 1.29 is 8.85 Å². The van der Waals surface area contributed by atoms with Gasteiger partial charge in [0, 0.05) is 23.5 Å². The lowest BCUT2D eigenvalue weighted by molar-refractivity contribution is 0.190. The van der Waals surface area contributed by atoms with Crippen LogP contribution in [0.3, 0.4) is 0 Å². The Bertz CT molecular complexity index is 344. The molecule has 0 spiro atoms. The van der Waals surface area contributed by atoms with Crippen molar-refractivity contribution in [3.8, 4) is 0 Å². The highest BCUT2D eigenvalue weighted by molar-refractivity contribution is 6.85. The Labute approximate surface area is 115 Å². The van der Waals surface area contributed by atoms with Gasteiger partial charge >= 0.3 is 8.56 Å². The van der Waals surface area contributed by atoms with Crippen LogP contribution >= 0.6 is 0 Å². The van der Waals surface area contributed by atoms with E-state index in [4.69, 9.17) is 8.85 Å². The van der Waals surface area contributed by atoms with Crippen LogP contribution in [-0.2, 0) is 8.85 Å². The zero-order valence-electron chi connectivity index (χ0n) is 11.7. The summed E-state index contributed by atoms with van der Waals surface area (Å²) < 4.78 is 12.3. The summed E-state index contributed by atoms with van der Waals surface area (Å²) in [7, 11) is -1.33. The third-order valence-corrected chi connectivity index (χ3v) is 6.78. The van der Waals surface area contributed by atoms with Gasteiger partial charge in [-0.2, -0.15) is 0 Å². The SMILES string of the molecule is CCCO[Si](C=C[SiH3])(OCCC)c1ccccc1. The van der Waals surface area contributed by atoms with Crippen LogP contribution in [0.1, 0.15) is 26.7 Å². The first kappa shape index (κ1) is 15.4. The molecule has 1 aromatic rings. The molecule has 2 nitrogen and oxygen atoms in total. The van der Waals surface area contributed by atoms with Crippen LogP contribution in [-0.4, -0.2) is 32.0 Å². The Hall–Kier alpha value is -0.686. The van der Waals surface area contributed by atoms with Crippen molar-refractivity contribution in [1.29, 1.82) is 0 Å². The summed E-state index contributed by atoms with van der Waals surface area (Å²) in [4.78, 5) is 0. The molecule has 0 saturated heterocycles. The van der Waals surface area contributed by atoms with Crippen molar-refractivity contribution in [2.24, 2.45) is 0 Å².